The van der Waals surface area contributed by atoms with E-state index in [4.69, 9.17) is 5.73 Å². The number of nitrogen functional groups attached to an aromatic ring is 1. The van der Waals surface area contributed by atoms with Gasteiger partial charge >= 0.3 is 5.97 Å². The molecule has 0 bridgehead atoms. The molecule has 0 saturated carbocycles. The standard InChI is InChI=1S/C11H14BrNO4S/c1-2-17-11(14)7-18(15,16)6-8-3-4-9(12)5-10(8)13/h3-5H,2,6-7,13H2,1H3. The van der Waals surface area contributed by atoms with Crippen LogP contribution in [0.5, 0.6) is 0 Å². The second kappa shape index (κ2) is 6.19. The smallest absolute Gasteiger partial charge is 0.321 e. The van der Waals surface area contributed by atoms with Gasteiger partial charge in [0.25, 0.3) is 0 Å². The van der Waals surface area contributed by atoms with E-state index in [1.54, 1.807) is 25.1 Å². The Morgan fingerprint density at radius 3 is 2.67 bits per heavy atom. The lowest BCUT2D eigenvalue weighted by molar-refractivity contribution is -0.139. The summed E-state index contributed by atoms with van der Waals surface area (Å²) in [6.45, 7) is 1.78. The van der Waals surface area contributed by atoms with Crippen LogP contribution in [0.4, 0.5) is 5.69 Å². The van der Waals surface area contributed by atoms with Crippen LogP contribution >= 0.6 is 15.9 Å². The highest BCUT2D eigenvalue weighted by Gasteiger charge is 2.19. The van der Waals surface area contributed by atoms with Crippen LogP contribution in [0.3, 0.4) is 0 Å². The van der Waals surface area contributed by atoms with Crippen LogP contribution in [0.1, 0.15) is 12.5 Å². The van der Waals surface area contributed by atoms with Crippen molar-refractivity contribution < 1.29 is 17.9 Å². The summed E-state index contributed by atoms with van der Waals surface area (Å²) in [5.41, 5.74) is 6.55. The van der Waals surface area contributed by atoms with Crippen molar-refractivity contribution in [1.29, 1.82) is 0 Å². The number of carbonyl (C=O) groups is 1. The molecule has 0 amide bonds. The van der Waals surface area contributed by atoms with Crippen LogP contribution in [0.15, 0.2) is 22.7 Å². The number of carbonyl (C=O) groups excluding carboxylic acids is 1. The minimum atomic E-state index is -3.56. The molecule has 0 radical (unpaired) electrons. The zero-order valence-corrected chi connectivity index (χ0v) is 12.3. The molecular formula is C11H14BrNO4S. The minimum Gasteiger partial charge on any atom is -0.465 e. The number of esters is 1. The van der Waals surface area contributed by atoms with E-state index >= 15 is 0 Å². The molecule has 100 valence electrons. The van der Waals surface area contributed by atoms with Crippen molar-refractivity contribution in [3.8, 4) is 0 Å². The van der Waals surface area contributed by atoms with Gasteiger partial charge < -0.3 is 10.5 Å². The first-order valence-electron chi connectivity index (χ1n) is 5.24. The van der Waals surface area contributed by atoms with Gasteiger partial charge in [-0.2, -0.15) is 0 Å². The molecule has 0 saturated heterocycles. The molecule has 2 N–H and O–H groups in total. The van der Waals surface area contributed by atoms with Gasteiger partial charge in [-0.25, -0.2) is 8.42 Å². The van der Waals surface area contributed by atoms with Crippen molar-refractivity contribution in [1.82, 2.24) is 0 Å². The topological polar surface area (TPSA) is 86.5 Å². The molecule has 0 fully saturated rings. The van der Waals surface area contributed by atoms with Gasteiger partial charge in [-0.1, -0.05) is 22.0 Å². The summed E-state index contributed by atoms with van der Waals surface area (Å²) >= 11 is 3.23. The number of nitrogens with two attached hydrogens (primary N) is 1. The molecular weight excluding hydrogens is 322 g/mol. The third-order valence-corrected chi connectivity index (χ3v) is 4.05. The van der Waals surface area contributed by atoms with Gasteiger partial charge in [0.15, 0.2) is 9.84 Å². The number of benzene rings is 1. The molecule has 0 aliphatic heterocycles. The van der Waals surface area contributed by atoms with Crippen molar-refractivity contribution in [3.63, 3.8) is 0 Å². The first-order chi connectivity index (χ1) is 8.34. The predicted octanol–water partition coefficient (Wildman–Crippen LogP) is 1.51. The first kappa shape index (κ1) is 15.0. The number of sulfone groups is 1. The number of hydrogen-bond donors (Lipinski definition) is 1. The summed E-state index contributed by atoms with van der Waals surface area (Å²) in [5, 5.41) is 0. The summed E-state index contributed by atoms with van der Waals surface area (Å²) in [5.74, 6) is -1.64. The maximum Gasteiger partial charge on any atom is 0.321 e. The van der Waals surface area contributed by atoms with Crippen LogP contribution in [0.25, 0.3) is 0 Å². The summed E-state index contributed by atoms with van der Waals surface area (Å²) in [7, 11) is -3.56. The number of hydrogen-bond acceptors (Lipinski definition) is 5. The number of halogens is 1. The molecule has 0 unspecified atom stereocenters. The van der Waals surface area contributed by atoms with Crippen molar-refractivity contribution in [2.24, 2.45) is 0 Å². The number of anilines is 1. The van der Waals surface area contributed by atoms with E-state index in [1.165, 1.54) is 0 Å². The molecule has 0 atom stereocenters. The Labute approximate surface area is 114 Å². The largest absolute Gasteiger partial charge is 0.465 e. The van der Waals surface area contributed by atoms with Gasteiger partial charge in [0, 0.05) is 10.2 Å². The summed E-state index contributed by atoms with van der Waals surface area (Å²) in [4.78, 5) is 11.1. The monoisotopic (exact) mass is 335 g/mol. The highest BCUT2D eigenvalue weighted by atomic mass is 79.9. The van der Waals surface area contributed by atoms with Crippen molar-refractivity contribution in [3.05, 3.63) is 28.2 Å². The van der Waals surface area contributed by atoms with Crippen molar-refractivity contribution in [2.75, 3.05) is 18.1 Å². The third kappa shape index (κ3) is 4.66. The Kier molecular flexibility index (Phi) is 5.15. The van der Waals surface area contributed by atoms with Gasteiger partial charge in [0.1, 0.15) is 5.75 Å². The molecule has 0 heterocycles. The Morgan fingerprint density at radius 1 is 1.44 bits per heavy atom. The highest BCUT2D eigenvalue weighted by molar-refractivity contribution is 9.10. The first-order valence-corrected chi connectivity index (χ1v) is 7.85. The normalized spacial score (nSPS) is 11.2. The van der Waals surface area contributed by atoms with E-state index in [2.05, 4.69) is 20.7 Å². The molecule has 1 rings (SSSR count). The molecule has 1 aromatic rings. The van der Waals surface area contributed by atoms with Gasteiger partial charge in [0.2, 0.25) is 0 Å². The maximum atomic E-state index is 11.8. The Balaban J connectivity index is 2.79. The molecule has 0 spiro atoms. The van der Waals surface area contributed by atoms with Crippen LogP contribution in [0.2, 0.25) is 0 Å². The van der Waals surface area contributed by atoms with E-state index in [1.807, 2.05) is 0 Å². The minimum absolute atomic E-state index is 0.161. The van der Waals surface area contributed by atoms with E-state index in [0.717, 1.165) is 4.47 Å². The molecule has 0 aliphatic carbocycles. The lowest BCUT2D eigenvalue weighted by Crippen LogP contribution is -2.20. The molecule has 0 aromatic heterocycles. The Morgan fingerprint density at radius 2 is 2.11 bits per heavy atom. The predicted molar refractivity (Wildman–Crippen MR) is 72.7 cm³/mol. The average Bonchev–Trinajstić information content (AvgIpc) is 2.21. The van der Waals surface area contributed by atoms with Gasteiger partial charge in [-0.05, 0) is 24.6 Å². The van der Waals surface area contributed by atoms with E-state index in [-0.39, 0.29) is 12.4 Å². The van der Waals surface area contributed by atoms with Gasteiger partial charge in [0.05, 0.1) is 12.4 Å². The Bertz CT molecular complexity index is 542. The van der Waals surface area contributed by atoms with Crippen LogP contribution in [-0.2, 0) is 25.1 Å². The molecule has 18 heavy (non-hydrogen) atoms. The summed E-state index contributed by atoms with van der Waals surface area (Å²) in [6, 6.07) is 4.93. The zero-order chi connectivity index (χ0) is 13.8. The lowest BCUT2D eigenvalue weighted by Gasteiger charge is -2.07. The van der Waals surface area contributed by atoms with E-state index in [9.17, 15) is 13.2 Å². The SMILES string of the molecule is CCOC(=O)CS(=O)(=O)Cc1ccc(Br)cc1N. The third-order valence-electron chi connectivity index (χ3n) is 2.13. The maximum absolute atomic E-state index is 11.8. The molecule has 7 heteroatoms. The van der Waals surface area contributed by atoms with Gasteiger partial charge in [-0.15, -0.1) is 0 Å². The quantitative estimate of drug-likeness (QED) is 0.651. The molecule has 1 aromatic carbocycles. The fraction of sp³-hybridized carbons (Fsp3) is 0.364. The zero-order valence-electron chi connectivity index (χ0n) is 9.85. The van der Waals surface area contributed by atoms with Gasteiger partial charge in [-0.3, -0.25) is 4.79 Å². The van der Waals surface area contributed by atoms with Crippen LogP contribution < -0.4 is 5.73 Å². The summed E-state index contributed by atoms with van der Waals surface area (Å²) in [6.07, 6.45) is 0. The highest BCUT2D eigenvalue weighted by Crippen LogP contribution is 2.20. The molecule has 5 nitrogen and oxygen atoms in total. The van der Waals surface area contributed by atoms with Crippen molar-refractivity contribution >= 4 is 37.4 Å². The van der Waals surface area contributed by atoms with E-state index < -0.39 is 21.6 Å². The second-order valence-electron chi connectivity index (χ2n) is 3.68. The Hall–Kier alpha value is -1.08. The number of ether oxygens (including phenoxy) is 1. The summed E-state index contributed by atoms with van der Waals surface area (Å²) < 4.78 is 28.9. The fourth-order valence-electron chi connectivity index (χ4n) is 1.37. The second-order valence-corrected chi connectivity index (χ2v) is 6.66. The fourth-order valence-corrected chi connectivity index (χ4v) is 3.03. The van der Waals surface area contributed by atoms with Crippen LogP contribution in [-0.4, -0.2) is 26.7 Å². The average molecular weight is 336 g/mol. The van der Waals surface area contributed by atoms with E-state index in [0.29, 0.717) is 11.3 Å². The molecule has 0 aliphatic rings. The lowest BCUT2D eigenvalue weighted by atomic mass is 10.2. The number of rotatable bonds is 5. The van der Waals surface area contributed by atoms with Crippen molar-refractivity contribution in [2.45, 2.75) is 12.7 Å². The van der Waals surface area contributed by atoms with Crippen LogP contribution in [0, 0.1) is 0 Å².